The second-order valence-electron chi connectivity index (χ2n) is 6.04. The second-order valence-corrected chi connectivity index (χ2v) is 6.45. The van der Waals surface area contributed by atoms with Gasteiger partial charge in [-0.15, -0.1) is 0 Å². The maximum absolute atomic E-state index is 6.34. The van der Waals surface area contributed by atoms with Gasteiger partial charge in [0.1, 0.15) is 13.7 Å². The van der Waals surface area contributed by atoms with E-state index in [-0.39, 0.29) is 0 Å². The Hall–Kier alpha value is -2.73. The summed E-state index contributed by atoms with van der Waals surface area (Å²) in [6.45, 7) is 1.76. The van der Waals surface area contributed by atoms with Crippen LogP contribution in [0.1, 0.15) is 6.42 Å². The summed E-state index contributed by atoms with van der Waals surface area (Å²) in [6.07, 6.45) is 6.73. The molecule has 0 bridgehead atoms. The van der Waals surface area contributed by atoms with Crippen molar-refractivity contribution in [2.24, 2.45) is 0 Å². The smallest absolute Gasteiger partial charge is 0.150 e. The molecule has 5 nitrogen and oxygen atoms in total. The molecule has 128 valence electrons. The van der Waals surface area contributed by atoms with E-state index in [2.05, 4.69) is 32.4 Å². The summed E-state index contributed by atoms with van der Waals surface area (Å²) < 4.78 is 3.89. The van der Waals surface area contributed by atoms with Gasteiger partial charge in [0.25, 0.3) is 0 Å². The molecule has 4 rings (SSSR count). The number of benzene rings is 1. The lowest BCUT2D eigenvalue weighted by Gasteiger charge is -2.12. The molecule has 0 amide bonds. The summed E-state index contributed by atoms with van der Waals surface area (Å²) in [5, 5.41) is 8.43. The van der Waals surface area contributed by atoms with Crippen LogP contribution in [0.4, 0.5) is 5.82 Å². The minimum absolute atomic E-state index is 0.536. The van der Waals surface area contributed by atoms with Crippen molar-refractivity contribution in [2.75, 3.05) is 11.9 Å². The number of rotatable bonds is 6. The Labute approximate surface area is 158 Å². The van der Waals surface area contributed by atoms with Gasteiger partial charge in [-0.25, -0.2) is 4.98 Å². The molecule has 0 aliphatic carbocycles. The molecule has 0 aliphatic heterocycles. The molecule has 26 heavy (non-hydrogen) atoms. The monoisotopic (exact) mass is 361 g/mol. The van der Waals surface area contributed by atoms with E-state index in [0.29, 0.717) is 16.1 Å². The van der Waals surface area contributed by atoms with E-state index < -0.39 is 0 Å². The molecule has 0 saturated carbocycles. The van der Waals surface area contributed by atoms with E-state index in [1.165, 1.54) is 0 Å². The molecule has 0 saturated heterocycles. The lowest BCUT2D eigenvalue weighted by molar-refractivity contribution is 0.663. The first-order chi connectivity index (χ1) is 12.7. The van der Waals surface area contributed by atoms with Crippen LogP contribution in [0.5, 0.6) is 0 Å². The highest BCUT2D eigenvalue weighted by atomic mass is 35.5. The van der Waals surface area contributed by atoms with Crippen LogP contribution in [0.15, 0.2) is 61.1 Å². The molecule has 2 radical (unpaired) electrons. The lowest BCUT2D eigenvalue weighted by Crippen LogP contribution is -2.11. The molecule has 3 heterocycles. The second kappa shape index (κ2) is 7.26. The zero-order valence-electron chi connectivity index (χ0n) is 14.1. The van der Waals surface area contributed by atoms with Crippen LogP contribution in [0, 0.1) is 0 Å². The summed E-state index contributed by atoms with van der Waals surface area (Å²) in [7, 11) is 6.04. The SMILES string of the molecule is [B]c1cnn2c(NCCCn3cccc3)cc(-c3ccccc3Cl)nc12. The molecule has 0 unspecified atom stereocenters. The van der Waals surface area contributed by atoms with Gasteiger partial charge in [-0.3, -0.25) is 0 Å². The number of aryl methyl sites for hydroxylation is 1. The quantitative estimate of drug-likeness (QED) is 0.424. The Kier molecular flexibility index (Phi) is 4.67. The fraction of sp³-hybridized carbons (Fsp3) is 0.158. The highest BCUT2D eigenvalue weighted by molar-refractivity contribution is 6.36. The predicted octanol–water partition coefficient (Wildman–Crippen LogP) is 3.15. The zero-order valence-corrected chi connectivity index (χ0v) is 14.9. The van der Waals surface area contributed by atoms with Crippen molar-refractivity contribution >= 4 is 36.4 Å². The number of anilines is 1. The summed E-state index contributed by atoms with van der Waals surface area (Å²) in [6, 6.07) is 13.7. The van der Waals surface area contributed by atoms with Gasteiger partial charge in [0.05, 0.1) is 5.69 Å². The number of aromatic nitrogens is 4. The molecule has 1 N–H and O–H groups in total. The van der Waals surface area contributed by atoms with Crippen molar-refractivity contribution in [1.29, 1.82) is 0 Å². The maximum Gasteiger partial charge on any atom is 0.150 e. The van der Waals surface area contributed by atoms with Crippen molar-refractivity contribution < 1.29 is 0 Å². The van der Waals surface area contributed by atoms with E-state index in [9.17, 15) is 0 Å². The van der Waals surface area contributed by atoms with E-state index in [1.807, 2.05) is 42.5 Å². The number of nitrogens with zero attached hydrogens (tertiary/aromatic N) is 4. The predicted molar refractivity (Wildman–Crippen MR) is 106 cm³/mol. The Morgan fingerprint density at radius 3 is 2.73 bits per heavy atom. The molecule has 0 fully saturated rings. The molecule has 0 aliphatic rings. The number of halogens is 1. The summed E-state index contributed by atoms with van der Waals surface area (Å²) in [5.41, 5.74) is 2.79. The topological polar surface area (TPSA) is 47.1 Å². The molecule has 7 heteroatoms. The summed E-state index contributed by atoms with van der Waals surface area (Å²) in [4.78, 5) is 4.64. The normalized spacial score (nSPS) is 11.1. The highest BCUT2D eigenvalue weighted by Crippen LogP contribution is 2.28. The Bertz CT molecular complexity index is 1030. The zero-order chi connectivity index (χ0) is 17.9. The van der Waals surface area contributed by atoms with Gasteiger partial charge in [-0.1, -0.05) is 29.8 Å². The van der Waals surface area contributed by atoms with E-state index in [1.54, 1.807) is 10.7 Å². The van der Waals surface area contributed by atoms with Gasteiger partial charge < -0.3 is 9.88 Å². The van der Waals surface area contributed by atoms with Crippen molar-refractivity contribution in [3.8, 4) is 11.3 Å². The molecule has 0 spiro atoms. The fourth-order valence-electron chi connectivity index (χ4n) is 2.91. The van der Waals surface area contributed by atoms with Gasteiger partial charge in [0, 0.05) is 48.3 Å². The van der Waals surface area contributed by atoms with Crippen molar-refractivity contribution in [3.05, 3.63) is 66.1 Å². The van der Waals surface area contributed by atoms with Gasteiger partial charge >= 0.3 is 0 Å². The number of hydrogen-bond donors (Lipinski definition) is 1. The molecular formula is C19H17BClN5. The van der Waals surface area contributed by atoms with Crippen LogP contribution in [-0.2, 0) is 6.54 Å². The van der Waals surface area contributed by atoms with Gasteiger partial charge in [0.2, 0.25) is 0 Å². The molecule has 0 atom stereocenters. The summed E-state index contributed by atoms with van der Waals surface area (Å²) in [5.74, 6) is 0.842. The first-order valence-electron chi connectivity index (χ1n) is 8.46. The third-order valence-electron chi connectivity index (χ3n) is 4.21. The van der Waals surface area contributed by atoms with Gasteiger partial charge in [-0.2, -0.15) is 9.61 Å². The number of fused-ring (bicyclic) bond motifs is 1. The Morgan fingerprint density at radius 1 is 1.12 bits per heavy atom. The first-order valence-corrected chi connectivity index (χ1v) is 8.84. The molecular weight excluding hydrogens is 345 g/mol. The maximum atomic E-state index is 6.34. The van der Waals surface area contributed by atoms with Gasteiger partial charge in [0.15, 0.2) is 5.65 Å². The van der Waals surface area contributed by atoms with E-state index in [0.717, 1.165) is 36.6 Å². The van der Waals surface area contributed by atoms with Crippen LogP contribution in [0.3, 0.4) is 0 Å². The van der Waals surface area contributed by atoms with Gasteiger partial charge in [-0.05, 0) is 30.1 Å². The van der Waals surface area contributed by atoms with Crippen LogP contribution in [0.25, 0.3) is 16.9 Å². The van der Waals surface area contributed by atoms with Crippen LogP contribution in [0.2, 0.25) is 5.02 Å². The van der Waals surface area contributed by atoms with Crippen LogP contribution in [-0.4, -0.2) is 33.6 Å². The average molecular weight is 362 g/mol. The van der Waals surface area contributed by atoms with Crippen molar-refractivity contribution in [3.63, 3.8) is 0 Å². The largest absolute Gasteiger partial charge is 0.370 e. The first kappa shape index (κ1) is 16.7. The average Bonchev–Trinajstić information content (AvgIpc) is 3.29. The van der Waals surface area contributed by atoms with E-state index in [4.69, 9.17) is 19.4 Å². The van der Waals surface area contributed by atoms with E-state index >= 15 is 0 Å². The van der Waals surface area contributed by atoms with Crippen LogP contribution >= 0.6 is 11.6 Å². The Balaban J connectivity index is 1.61. The fourth-order valence-corrected chi connectivity index (χ4v) is 3.14. The minimum Gasteiger partial charge on any atom is -0.370 e. The van der Waals surface area contributed by atoms with Crippen molar-refractivity contribution in [2.45, 2.75) is 13.0 Å². The highest BCUT2D eigenvalue weighted by Gasteiger charge is 2.12. The van der Waals surface area contributed by atoms with Crippen LogP contribution < -0.4 is 10.8 Å². The molecule has 4 aromatic rings. The lowest BCUT2D eigenvalue weighted by atomic mass is 10.0. The third kappa shape index (κ3) is 3.33. The Morgan fingerprint density at radius 2 is 1.92 bits per heavy atom. The van der Waals surface area contributed by atoms with Crippen molar-refractivity contribution in [1.82, 2.24) is 19.2 Å². The third-order valence-corrected chi connectivity index (χ3v) is 4.54. The minimum atomic E-state index is 0.536. The summed E-state index contributed by atoms with van der Waals surface area (Å²) >= 11 is 6.34. The number of nitrogens with one attached hydrogen (secondary N) is 1. The molecule has 3 aromatic heterocycles. The molecule has 1 aromatic carbocycles. The standard InChI is InChI=1S/C19H17BClN5/c20-15-13-23-26-18(22-8-5-11-25-9-3-4-10-25)12-17(24-19(15)26)14-6-1-2-7-16(14)21/h1-4,6-7,9-10,12-13,22H,5,8,11H2. The number of hydrogen-bond acceptors (Lipinski definition) is 3.